The number of nitrogens with one attached hydrogen (secondary N) is 2. The first kappa shape index (κ1) is 20.6. The fourth-order valence-corrected chi connectivity index (χ4v) is 3.83. The van der Waals surface area contributed by atoms with Crippen LogP contribution in [0.3, 0.4) is 0 Å². The maximum atomic E-state index is 12.6. The monoisotopic (exact) mass is 414 g/mol. The van der Waals surface area contributed by atoms with Gasteiger partial charge in [0.1, 0.15) is 5.69 Å². The van der Waals surface area contributed by atoms with Crippen molar-refractivity contribution >= 4 is 11.6 Å². The number of aromatic nitrogens is 2. The van der Waals surface area contributed by atoms with Crippen molar-refractivity contribution in [3.05, 3.63) is 95.2 Å². The zero-order chi connectivity index (χ0) is 21.5. The van der Waals surface area contributed by atoms with Gasteiger partial charge in [0.2, 0.25) is 5.91 Å². The second kappa shape index (κ2) is 9.89. The van der Waals surface area contributed by atoms with Crippen LogP contribution in [-0.4, -0.2) is 39.9 Å². The maximum absolute atomic E-state index is 12.6. The van der Waals surface area contributed by atoms with Crippen LogP contribution in [0, 0.1) is 0 Å². The number of nitrogens with zero attached hydrogens (tertiary/aromatic N) is 2. The number of carbonyl (C=O) groups excluding carboxylic acids is 1. The van der Waals surface area contributed by atoms with Crippen molar-refractivity contribution in [3.63, 3.8) is 0 Å². The first-order valence-electron chi connectivity index (χ1n) is 10.6. The summed E-state index contributed by atoms with van der Waals surface area (Å²) in [4.78, 5) is 33.7. The van der Waals surface area contributed by atoms with Crippen LogP contribution in [0.1, 0.15) is 18.4 Å². The number of amides is 1. The quantitative estimate of drug-likeness (QED) is 0.604. The van der Waals surface area contributed by atoms with E-state index >= 15 is 0 Å². The van der Waals surface area contributed by atoms with E-state index in [0.717, 1.165) is 36.9 Å². The summed E-state index contributed by atoms with van der Waals surface area (Å²) in [5.41, 5.74) is 3.44. The van der Waals surface area contributed by atoms with Crippen molar-refractivity contribution in [1.29, 1.82) is 0 Å². The van der Waals surface area contributed by atoms with Gasteiger partial charge in [-0.3, -0.25) is 14.6 Å². The van der Waals surface area contributed by atoms with Gasteiger partial charge >= 0.3 is 0 Å². The molecule has 0 spiro atoms. The van der Waals surface area contributed by atoms with Crippen LogP contribution in [0.5, 0.6) is 0 Å². The van der Waals surface area contributed by atoms with Gasteiger partial charge in [-0.25, -0.2) is 0 Å². The Hall–Kier alpha value is -3.67. The van der Waals surface area contributed by atoms with Crippen molar-refractivity contribution in [3.8, 4) is 11.1 Å². The van der Waals surface area contributed by atoms with Crippen LogP contribution in [-0.2, 0) is 11.2 Å². The number of hydrogen-bond acceptors (Lipinski definition) is 4. The van der Waals surface area contributed by atoms with Gasteiger partial charge in [-0.2, -0.15) is 0 Å². The van der Waals surface area contributed by atoms with Crippen molar-refractivity contribution < 1.29 is 4.79 Å². The normalized spacial score (nSPS) is 16.4. The Bertz CT molecular complexity index is 1090. The highest BCUT2D eigenvalue weighted by Gasteiger charge is 2.23. The molecule has 0 aliphatic carbocycles. The van der Waals surface area contributed by atoms with Crippen LogP contribution < -0.4 is 10.9 Å². The van der Waals surface area contributed by atoms with Crippen molar-refractivity contribution in [1.82, 2.24) is 14.9 Å². The fourth-order valence-electron chi connectivity index (χ4n) is 3.83. The minimum Gasteiger partial charge on any atom is -0.376 e. The summed E-state index contributed by atoms with van der Waals surface area (Å²) >= 11 is 0. The molecule has 1 amide bonds. The second-order valence-electron chi connectivity index (χ2n) is 7.73. The molecule has 1 aliphatic heterocycles. The summed E-state index contributed by atoms with van der Waals surface area (Å²) in [6.07, 6.45) is 11.3. The number of H-pyrrole nitrogens is 1. The standard InChI is InChI=1S/C25H26N4O2/c30-24(10-4-8-19-6-2-1-3-7-19)29-15-5-9-22(18-29)28-23-16-21(17-27-25(23)31)20-11-13-26-14-12-20/h1-4,6-7,10-14,16-17,22,28H,5,8-9,15,18H2,(H,27,31)/b10-4+. The summed E-state index contributed by atoms with van der Waals surface area (Å²) in [7, 11) is 0. The van der Waals surface area contributed by atoms with E-state index in [9.17, 15) is 9.59 Å². The van der Waals surface area contributed by atoms with Crippen molar-refractivity contribution in [2.45, 2.75) is 25.3 Å². The molecule has 6 nitrogen and oxygen atoms in total. The highest BCUT2D eigenvalue weighted by molar-refractivity contribution is 5.87. The Labute approximate surface area is 181 Å². The second-order valence-corrected chi connectivity index (χ2v) is 7.73. The fraction of sp³-hybridized carbons (Fsp3) is 0.240. The summed E-state index contributed by atoms with van der Waals surface area (Å²) in [5, 5.41) is 3.35. The molecule has 3 heterocycles. The minimum atomic E-state index is -0.163. The number of piperidine rings is 1. The largest absolute Gasteiger partial charge is 0.376 e. The molecule has 1 saturated heterocycles. The van der Waals surface area contributed by atoms with E-state index in [1.807, 2.05) is 59.5 Å². The van der Waals surface area contributed by atoms with E-state index in [1.54, 1.807) is 24.7 Å². The van der Waals surface area contributed by atoms with E-state index in [0.29, 0.717) is 12.2 Å². The zero-order valence-electron chi connectivity index (χ0n) is 17.3. The van der Waals surface area contributed by atoms with Gasteiger partial charge in [-0.05, 0) is 54.7 Å². The average molecular weight is 415 g/mol. The average Bonchev–Trinajstić information content (AvgIpc) is 2.82. The van der Waals surface area contributed by atoms with E-state index < -0.39 is 0 Å². The number of anilines is 1. The summed E-state index contributed by atoms with van der Waals surface area (Å²) in [6.45, 7) is 1.31. The van der Waals surface area contributed by atoms with Crippen molar-refractivity contribution in [2.24, 2.45) is 0 Å². The molecule has 2 N–H and O–H groups in total. The first-order valence-corrected chi connectivity index (χ1v) is 10.6. The summed E-state index contributed by atoms with van der Waals surface area (Å²) < 4.78 is 0. The number of pyridine rings is 2. The van der Waals surface area contributed by atoms with Crippen LogP contribution in [0.4, 0.5) is 5.69 Å². The molecular formula is C25H26N4O2. The summed E-state index contributed by atoms with van der Waals surface area (Å²) in [5.74, 6) is 0.0156. The molecular weight excluding hydrogens is 388 g/mol. The Balaban J connectivity index is 1.39. The lowest BCUT2D eigenvalue weighted by atomic mass is 10.0. The first-order chi connectivity index (χ1) is 15.2. The third-order valence-corrected chi connectivity index (χ3v) is 5.47. The molecule has 4 rings (SSSR count). The van der Waals surface area contributed by atoms with Gasteiger partial charge in [0.05, 0.1) is 0 Å². The highest BCUT2D eigenvalue weighted by atomic mass is 16.2. The summed E-state index contributed by atoms with van der Waals surface area (Å²) in [6, 6.07) is 15.8. The lowest BCUT2D eigenvalue weighted by Gasteiger charge is -2.33. The number of likely N-dealkylation sites (tertiary alicyclic amines) is 1. The molecule has 1 atom stereocenters. The molecule has 2 aromatic heterocycles. The van der Waals surface area contributed by atoms with Gasteiger partial charge in [0, 0.05) is 43.3 Å². The van der Waals surface area contributed by atoms with Gasteiger partial charge < -0.3 is 15.2 Å². The van der Waals surface area contributed by atoms with Crippen LogP contribution in [0.25, 0.3) is 11.1 Å². The lowest BCUT2D eigenvalue weighted by molar-refractivity contribution is -0.127. The third kappa shape index (κ3) is 5.48. The van der Waals surface area contributed by atoms with Crippen molar-refractivity contribution in [2.75, 3.05) is 18.4 Å². The highest BCUT2D eigenvalue weighted by Crippen LogP contribution is 2.20. The van der Waals surface area contributed by atoms with Crippen LogP contribution in [0.2, 0.25) is 0 Å². The molecule has 1 unspecified atom stereocenters. The number of allylic oxidation sites excluding steroid dienone is 1. The Morgan fingerprint density at radius 1 is 1.16 bits per heavy atom. The third-order valence-electron chi connectivity index (χ3n) is 5.47. The van der Waals surface area contributed by atoms with Crippen LogP contribution in [0.15, 0.2) is 84.1 Å². The maximum Gasteiger partial charge on any atom is 0.271 e. The van der Waals surface area contributed by atoms with E-state index in [1.165, 1.54) is 5.56 Å². The molecule has 31 heavy (non-hydrogen) atoms. The van der Waals surface area contributed by atoms with E-state index in [-0.39, 0.29) is 17.5 Å². The SMILES string of the molecule is O=C(/C=C/Cc1ccccc1)N1CCCC(Nc2cc(-c3ccncc3)c[nH]c2=O)C1. The molecule has 1 aliphatic rings. The Morgan fingerprint density at radius 2 is 1.97 bits per heavy atom. The molecule has 1 aromatic carbocycles. The number of rotatable bonds is 6. The van der Waals surface area contributed by atoms with Crippen LogP contribution >= 0.6 is 0 Å². The van der Waals surface area contributed by atoms with Gasteiger partial charge in [0.15, 0.2) is 0 Å². The molecule has 3 aromatic rings. The molecule has 1 fully saturated rings. The van der Waals surface area contributed by atoms with Gasteiger partial charge in [-0.1, -0.05) is 36.4 Å². The molecule has 6 heteroatoms. The minimum absolute atomic E-state index is 0.0156. The number of benzene rings is 1. The molecule has 158 valence electrons. The zero-order valence-corrected chi connectivity index (χ0v) is 17.3. The Kier molecular flexibility index (Phi) is 6.57. The predicted octanol–water partition coefficient (Wildman–Crippen LogP) is 3.64. The number of aromatic amines is 1. The molecule has 0 bridgehead atoms. The number of hydrogen-bond donors (Lipinski definition) is 2. The lowest BCUT2D eigenvalue weighted by Crippen LogP contribution is -2.45. The topological polar surface area (TPSA) is 78.1 Å². The van der Waals surface area contributed by atoms with E-state index in [4.69, 9.17) is 0 Å². The van der Waals surface area contributed by atoms with Gasteiger partial charge in [-0.15, -0.1) is 0 Å². The van der Waals surface area contributed by atoms with Gasteiger partial charge in [0.25, 0.3) is 5.56 Å². The number of carbonyl (C=O) groups is 1. The molecule has 0 radical (unpaired) electrons. The molecule has 0 saturated carbocycles. The Morgan fingerprint density at radius 3 is 2.77 bits per heavy atom. The predicted molar refractivity (Wildman–Crippen MR) is 123 cm³/mol. The van der Waals surface area contributed by atoms with E-state index in [2.05, 4.69) is 15.3 Å². The smallest absolute Gasteiger partial charge is 0.271 e.